The van der Waals surface area contributed by atoms with Gasteiger partial charge in [0, 0.05) is 18.5 Å². The molecule has 0 saturated carbocycles. The number of sulfonamides is 1. The quantitative estimate of drug-likeness (QED) is 0.584. The Labute approximate surface area is 125 Å². The van der Waals surface area contributed by atoms with Gasteiger partial charge in [0.15, 0.2) is 5.82 Å². The Morgan fingerprint density at radius 2 is 2.23 bits per heavy atom. The summed E-state index contributed by atoms with van der Waals surface area (Å²) in [6.45, 7) is 2.11. The van der Waals surface area contributed by atoms with Crippen molar-refractivity contribution in [2.45, 2.75) is 17.7 Å². The van der Waals surface area contributed by atoms with E-state index in [1.165, 1.54) is 18.5 Å². The maximum atomic E-state index is 11.2. The first-order valence-corrected chi connectivity index (χ1v) is 7.65. The lowest BCUT2D eigenvalue weighted by atomic mass is 10.1. The van der Waals surface area contributed by atoms with E-state index >= 15 is 0 Å². The number of nitrogens with one attached hydrogen (secondary N) is 1. The van der Waals surface area contributed by atoms with Crippen LogP contribution < -0.4 is 10.5 Å². The predicted octanol–water partition coefficient (Wildman–Crippen LogP) is 0.841. The van der Waals surface area contributed by atoms with Crippen LogP contribution in [0.3, 0.4) is 0 Å². The molecule has 1 unspecified atom stereocenters. The fourth-order valence-electron chi connectivity index (χ4n) is 1.74. The number of rotatable bonds is 6. The molecule has 0 aliphatic heterocycles. The molecule has 0 radical (unpaired) electrons. The molecule has 2 rings (SSSR count). The summed E-state index contributed by atoms with van der Waals surface area (Å²) in [5, 5.41) is 22.6. The van der Waals surface area contributed by atoms with Crippen molar-refractivity contribution in [3.63, 3.8) is 0 Å². The number of nitrogens with zero attached hydrogens (tertiary/aromatic N) is 3. The van der Waals surface area contributed by atoms with Gasteiger partial charge in [0.25, 0.3) is 5.69 Å². The van der Waals surface area contributed by atoms with E-state index in [0.29, 0.717) is 12.4 Å². The largest absolute Gasteiger partial charge is 0.379 e. The lowest BCUT2D eigenvalue weighted by molar-refractivity contribution is -0.384. The summed E-state index contributed by atoms with van der Waals surface area (Å²) in [6, 6.07) is 3.40. The smallest absolute Gasteiger partial charge is 0.293 e. The first kappa shape index (κ1) is 15.9. The van der Waals surface area contributed by atoms with Gasteiger partial charge in [-0.05, 0) is 12.1 Å². The van der Waals surface area contributed by atoms with E-state index in [2.05, 4.69) is 20.0 Å². The Morgan fingerprint density at radius 3 is 2.77 bits per heavy atom. The molecule has 118 valence electrons. The maximum Gasteiger partial charge on any atom is 0.293 e. The number of nitro groups is 1. The number of nitrogens with two attached hydrogens (primary N) is 1. The Kier molecular flexibility index (Phi) is 4.37. The number of hydrogen-bond donors (Lipinski definition) is 2. The molecule has 1 aromatic carbocycles. The van der Waals surface area contributed by atoms with E-state index in [0.717, 1.165) is 6.07 Å². The number of aromatic nitrogens is 2. The predicted molar refractivity (Wildman–Crippen MR) is 75.7 cm³/mol. The molecule has 1 atom stereocenters. The second kappa shape index (κ2) is 6.07. The molecule has 0 spiro atoms. The molecule has 1 heterocycles. The molecule has 0 aliphatic rings. The van der Waals surface area contributed by atoms with Gasteiger partial charge in [-0.25, -0.2) is 13.6 Å². The van der Waals surface area contributed by atoms with Gasteiger partial charge in [-0.15, -0.1) is 0 Å². The zero-order chi connectivity index (χ0) is 16.3. The highest BCUT2D eigenvalue weighted by molar-refractivity contribution is 7.89. The molecule has 11 heteroatoms. The number of anilines is 1. The molecule has 0 fully saturated rings. The molecule has 1 aromatic heterocycles. The summed E-state index contributed by atoms with van der Waals surface area (Å²) in [7, 11) is -4.01. The molecular formula is C11H13N5O5S. The van der Waals surface area contributed by atoms with Crippen LogP contribution in [0.4, 0.5) is 11.4 Å². The Bertz CT molecular complexity index is 774. The average molecular weight is 327 g/mol. The van der Waals surface area contributed by atoms with Gasteiger partial charge in [0.05, 0.1) is 9.82 Å². The Morgan fingerprint density at radius 1 is 1.50 bits per heavy atom. The van der Waals surface area contributed by atoms with Crippen molar-refractivity contribution in [3.05, 3.63) is 40.5 Å². The van der Waals surface area contributed by atoms with Crippen LogP contribution in [-0.4, -0.2) is 30.0 Å². The minimum atomic E-state index is -4.01. The Balaban J connectivity index is 2.22. The summed E-state index contributed by atoms with van der Waals surface area (Å²) in [5.41, 5.74) is -0.209. The maximum absolute atomic E-state index is 11.2. The van der Waals surface area contributed by atoms with Gasteiger partial charge >= 0.3 is 0 Å². The van der Waals surface area contributed by atoms with E-state index in [-0.39, 0.29) is 22.2 Å². The van der Waals surface area contributed by atoms with Crippen molar-refractivity contribution >= 4 is 21.4 Å². The van der Waals surface area contributed by atoms with E-state index in [4.69, 9.17) is 5.14 Å². The topological polar surface area (TPSA) is 154 Å². The van der Waals surface area contributed by atoms with Crippen molar-refractivity contribution in [2.24, 2.45) is 5.14 Å². The van der Waals surface area contributed by atoms with Crippen molar-refractivity contribution in [2.75, 3.05) is 11.9 Å². The highest BCUT2D eigenvalue weighted by Crippen LogP contribution is 2.27. The monoisotopic (exact) mass is 327 g/mol. The van der Waals surface area contributed by atoms with Crippen molar-refractivity contribution in [1.29, 1.82) is 0 Å². The molecule has 0 amide bonds. The Hall–Kier alpha value is -2.53. The van der Waals surface area contributed by atoms with Gasteiger partial charge in [-0.1, -0.05) is 12.1 Å². The van der Waals surface area contributed by atoms with Crippen LogP contribution in [0.1, 0.15) is 18.7 Å². The third-order valence-corrected chi connectivity index (χ3v) is 3.82. The summed E-state index contributed by atoms with van der Waals surface area (Å²) in [5.74, 6) is 0.299. The number of hydrogen-bond acceptors (Lipinski definition) is 8. The number of primary sulfonamides is 1. The highest BCUT2D eigenvalue weighted by atomic mass is 32.2. The van der Waals surface area contributed by atoms with Crippen LogP contribution in [0, 0.1) is 10.1 Å². The van der Waals surface area contributed by atoms with E-state index in [1.807, 2.05) is 6.92 Å². The molecule has 0 saturated heterocycles. The standard InChI is InChI=1S/C11H13N5O5S/c1-7(11-14-6-21-15-11)5-13-9-3-2-8(22(12,19)20)4-10(9)16(17)18/h2-4,6-7,13H,5H2,1H3,(H2,12,19,20). The van der Waals surface area contributed by atoms with Crippen LogP contribution in [-0.2, 0) is 10.0 Å². The first-order chi connectivity index (χ1) is 10.3. The SMILES string of the molecule is CC(CNc1ccc(S(N)(=O)=O)cc1[N+](=O)[O-])c1ncon1. The number of benzene rings is 1. The minimum Gasteiger partial charge on any atom is -0.379 e. The lowest BCUT2D eigenvalue weighted by Gasteiger charge is -2.11. The average Bonchev–Trinajstić information content (AvgIpc) is 2.97. The highest BCUT2D eigenvalue weighted by Gasteiger charge is 2.20. The third-order valence-electron chi connectivity index (χ3n) is 2.91. The van der Waals surface area contributed by atoms with Crippen molar-refractivity contribution in [3.8, 4) is 0 Å². The minimum absolute atomic E-state index is 0.156. The van der Waals surface area contributed by atoms with Crippen molar-refractivity contribution < 1.29 is 17.9 Å². The van der Waals surface area contributed by atoms with E-state index in [1.54, 1.807) is 0 Å². The summed E-state index contributed by atoms with van der Waals surface area (Å²) in [4.78, 5) is 13.9. The summed E-state index contributed by atoms with van der Waals surface area (Å²) < 4.78 is 27.1. The normalized spacial score (nSPS) is 12.8. The second-order valence-electron chi connectivity index (χ2n) is 4.55. The zero-order valence-corrected chi connectivity index (χ0v) is 12.3. The summed E-state index contributed by atoms with van der Waals surface area (Å²) in [6.07, 6.45) is 1.19. The van der Waals surface area contributed by atoms with E-state index in [9.17, 15) is 18.5 Å². The van der Waals surface area contributed by atoms with Gasteiger partial charge in [-0.3, -0.25) is 10.1 Å². The molecule has 2 aromatic rings. The molecule has 10 nitrogen and oxygen atoms in total. The fourth-order valence-corrected chi connectivity index (χ4v) is 2.27. The first-order valence-electron chi connectivity index (χ1n) is 6.10. The van der Waals surface area contributed by atoms with Crippen LogP contribution in [0.2, 0.25) is 0 Å². The van der Waals surface area contributed by atoms with Crippen LogP contribution in [0.5, 0.6) is 0 Å². The van der Waals surface area contributed by atoms with E-state index < -0.39 is 14.9 Å². The van der Waals surface area contributed by atoms with Gasteiger partial charge in [0.1, 0.15) is 5.69 Å². The van der Waals surface area contributed by atoms with Crippen LogP contribution in [0.15, 0.2) is 34.0 Å². The zero-order valence-electron chi connectivity index (χ0n) is 11.5. The van der Waals surface area contributed by atoms with Crippen molar-refractivity contribution in [1.82, 2.24) is 10.1 Å². The fraction of sp³-hybridized carbons (Fsp3) is 0.273. The van der Waals surface area contributed by atoms with Gasteiger partial charge in [0.2, 0.25) is 16.4 Å². The van der Waals surface area contributed by atoms with Gasteiger partial charge in [-0.2, -0.15) is 4.98 Å². The second-order valence-corrected chi connectivity index (χ2v) is 6.11. The lowest BCUT2D eigenvalue weighted by Crippen LogP contribution is -2.14. The molecular weight excluding hydrogens is 314 g/mol. The third kappa shape index (κ3) is 3.56. The summed E-state index contributed by atoms with van der Waals surface area (Å²) >= 11 is 0. The molecule has 0 bridgehead atoms. The molecule has 0 aliphatic carbocycles. The molecule has 3 N–H and O–H groups in total. The molecule has 22 heavy (non-hydrogen) atoms. The van der Waals surface area contributed by atoms with Crippen LogP contribution in [0.25, 0.3) is 0 Å². The number of nitro benzene ring substituents is 1. The van der Waals surface area contributed by atoms with Gasteiger partial charge < -0.3 is 9.84 Å². The van der Waals surface area contributed by atoms with Crippen LogP contribution >= 0.6 is 0 Å².